The van der Waals surface area contributed by atoms with Gasteiger partial charge in [0.2, 0.25) is 10.0 Å². The van der Waals surface area contributed by atoms with Gasteiger partial charge in [-0.3, -0.25) is 9.10 Å². The van der Waals surface area contributed by atoms with Crippen molar-refractivity contribution in [3.8, 4) is 0 Å². The van der Waals surface area contributed by atoms with E-state index >= 15 is 0 Å². The Morgan fingerprint density at radius 3 is 2.73 bits per heavy atom. The predicted octanol–water partition coefficient (Wildman–Crippen LogP) is 2.38. The van der Waals surface area contributed by atoms with E-state index < -0.39 is 10.0 Å². The Bertz CT molecular complexity index is 797. The fraction of sp³-hybridized carbons (Fsp3) is 0.267. The summed E-state index contributed by atoms with van der Waals surface area (Å²) in [7, 11) is -3.20. The third-order valence-electron chi connectivity index (χ3n) is 3.59. The second kappa shape index (κ2) is 5.49. The number of furan rings is 1. The molecule has 0 saturated carbocycles. The summed E-state index contributed by atoms with van der Waals surface area (Å²) in [5.41, 5.74) is 2.05. The molecule has 1 aromatic heterocycles. The maximum Gasteiger partial charge on any atom is 0.291 e. The number of benzene rings is 1. The van der Waals surface area contributed by atoms with E-state index in [2.05, 4.69) is 5.32 Å². The van der Waals surface area contributed by atoms with Crippen LogP contribution in [0.5, 0.6) is 0 Å². The van der Waals surface area contributed by atoms with E-state index in [1.165, 1.54) is 10.6 Å². The lowest BCUT2D eigenvalue weighted by molar-refractivity contribution is 0.0996. The summed E-state index contributed by atoms with van der Waals surface area (Å²) in [6.45, 7) is 2.32. The molecule has 2 aromatic rings. The van der Waals surface area contributed by atoms with Crippen LogP contribution in [0.4, 0.5) is 11.4 Å². The van der Waals surface area contributed by atoms with E-state index in [1.807, 2.05) is 6.92 Å². The molecule has 7 heteroatoms. The molecule has 0 aliphatic carbocycles. The minimum atomic E-state index is -3.20. The Morgan fingerprint density at radius 1 is 1.32 bits per heavy atom. The van der Waals surface area contributed by atoms with Gasteiger partial charge >= 0.3 is 0 Å². The summed E-state index contributed by atoms with van der Waals surface area (Å²) >= 11 is 0. The minimum Gasteiger partial charge on any atom is -0.459 e. The van der Waals surface area contributed by atoms with Crippen LogP contribution in [0.3, 0.4) is 0 Å². The number of hydrogen-bond acceptors (Lipinski definition) is 4. The van der Waals surface area contributed by atoms with E-state index in [9.17, 15) is 13.2 Å². The monoisotopic (exact) mass is 320 g/mol. The van der Waals surface area contributed by atoms with E-state index in [-0.39, 0.29) is 17.4 Å². The quantitative estimate of drug-likeness (QED) is 0.941. The van der Waals surface area contributed by atoms with Crippen molar-refractivity contribution in [3.05, 3.63) is 47.9 Å². The second-order valence-electron chi connectivity index (χ2n) is 5.17. The smallest absolute Gasteiger partial charge is 0.291 e. The molecule has 22 heavy (non-hydrogen) atoms. The lowest BCUT2D eigenvalue weighted by atomic mass is 10.1. The fourth-order valence-corrected chi connectivity index (χ4v) is 4.02. The van der Waals surface area contributed by atoms with Crippen LogP contribution < -0.4 is 9.62 Å². The van der Waals surface area contributed by atoms with Crippen LogP contribution >= 0.6 is 0 Å². The van der Waals surface area contributed by atoms with Crippen molar-refractivity contribution in [2.45, 2.75) is 13.3 Å². The van der Waals surface area contributed by atoms with Crippen molar-refractivity contribution in [2.24, 2.45) is 0 Å². The molecule has 2 heterocycles. The van der Waals surface area contributed by atoms with Crippen molar-refractivity contribution >= 4 is 27.3 Å². The van der Waals surface area contributed by atoms with E-state index in [0.717, 1.165) is 5.56 Å². The van der Waals surface area contributed by atoms with Crippen LogP contribution in [0.15, 0.2) is 41.0 Å². The maximum absolute atomic E-state index is 12.0. The number of hydrogen-bond donors (Lipinski definition) is 1. The molecule has 1 N–H and O–H groups in total. The molecule has 0 atom stereocenters. The van der Waals surface area contributed by atoms with Crippen LogP contribution in [0.25, 0.3) is 0 Å². The summed E-state index contributed by atoms with van der Waals surface area (Å²) in [5, 5.41) is 2.75. The first-order valence-corrected chi connectivity index (χ1v) is 8.54. The van der Waals surface area contributed by atoms with Crippen LogP contribution in [-0.2, 0) is 10.0 Å². The minimum absolute atomic E-state index is 0.184. The molecule has 1 amide bonds. The van der Waals surface area contributed by atoms with E-state index in [4.69, 9.17) is 4.42 Å². The first kappa shape index (κ1) is 14.6. The van der Waals surface area contributed by atoms with Crippen LogP contribution in [0, 0.1) is 6.92 Å². The van der Waals surface area contributed by atoms with Gasteiger partial charge in [0.15, 0.2) is 5.76 Å². The average Bonchev–Trinajstić information content (AvgIpc) is 3.10. The molecule has 1 aliphatic rings. The highest BCUT2D eigenvalue weighted by Gasteiger charge is 2.28. The number of anilines is 2. The highest BCUT2D eigenvalue weighted by molar-refractivity contribution is 7.93. The SMILES string of the molecule is Cc1cc(N2CCCS2(=O)=O)ccc1NC(=O)c1ccco1. The molecule has 3 rings (SSSR count). The fourth-order valence-electron chi connectivity index (χ4n) is 2.46. The first-order valence-electron chi connectivity index (χ1n) is 6.93. The van der Waals surface area contributed by atoms with Crippen molar-refractivity contribution in [3.63, 3.8) is 0 Å². The summed E-state index contributed by atoms with van der Waals surface area (Å²) in [6.07, 6.45) is 2.07. The van der Waals surface area contributed by atoms with Gasteiger partial charge in [0.25, 0.3) is 5.91 Å². The highest BCUT2D eigenvalue weighted by atomic mass is 32.2. The van der Waals surface area contributed by atoms with Gasteiger partial charge in [-0.05, 0) is 49.2 Å². The zero-order valence-corrected chi connectivity index (χ0v) is 12.9. The molecule has 0 radical (unpaired) electrons. The van der Waals surface area contributed by atoms with Crippen LogP contribution in [-0.4, -0.2) is 26.6 Å². The Morgan fingerprint density at radius 2 is 2.14 bits per heavy atom. The summed E-state index contributed by atoms with van der Waals surface area (Å²) < 4.78 is 30.3. The third kappa shape index (κ3) is 2.71. The number of aryl methyl sites for hydroxylation is 1. The van der Waals surface area contributed by atoms with Gasteiger partial charge in [0.05, 0.1) is 17.7 Å². The number of carbonyl (C=O) groups is 1. The third-order valence-corrected chi connectivity index (χ3v) is 5.46. The zero-order chi connectivity index (χ0) is 15.7. The number of carbonyl (C=O) groups excluding carboxylic acids is 1. The van der Waals surface area contributed by atoms with Crippen molar-refractivity contribution in [1.29, 1.82) is 0 Å². The largest absolute Gasteiger partial charge is 0.459 e. The van der Waals surface area contributed by atoms with Gasteiger partial charge in [0.1, 0.15) is 0 Å². The van der Waals surface area contributed by atoms with Crippen molar-refractivity contribution in [2.75, 3.05) is 21.9 Å². The van der Waals surface area contributed by atoms with Gasteiger partial charge in [0, 0.05) is 12.2 Å². The molecule has 1 fully saturated rings. The molecule has 0 spiro atoms. The first-order chi connectivity index (χ1) is 10.5. The highest BCUT2D eigenvalue weighted by Crippen LogP contribution is 2.28. The topological polar surface area (TPSA) is 79.6 Å². The molecule has 1 aliphatic heterocycles. The summed E-state index contributed by atoms with van der Waals surface area (Å²) in [6, 6.07) is 8.40. The van der Waals surface area contributed by atoms with Gasteiger partial charge < -0.3 is 9.73 Å². The molecular formula is C15H16N2O4S. The van der Waals surface area contributed by atoms with Crippen molar-refractivity contribution in [1.82, 2.24) is 0 Å². The molecule has 0 bridgehead atoms. The summed E-state index contributed by atoms with van der Waals surface area (Å²) in [4.78, 5) is 12.0. The molecule has 0 unspecified atom stereocenters. The van der Waals surface area contributed by atoms with Gasteiger partial charge in [-0.2, -0.15) is 0 Å². The van der Waals surface area contributed by atoms with Crippen LogP contribution in [0.1, 0.15) is 22.5 Å². The van der Waals surface area contributed by atoms with Crippen LogP contribution in [0.2, 0.25) is 0 Å². The maximum atomic E-state index is 12.0. The molecule has 1 aromatic carbocycles. The standard InChI is InChI=1S/C15H16N2O4S/c1-11-10-12(17-7-3-9-22(17,19)20)5-6-13(11)16-15(18)14-4-2-8-21-14/h2,4-6,8,10H,3,7,9H2,1H3,(H,16,18). The number of nitrogens with one attached hydrogen (secondary N) is 1. The van der Waals surface area contributed by atoms with Gasteiger partial charge in [-0.1, -0.05) is 0 Å². The number of rotatable bonds is 3. The second-order valence-corrected chi connectivity index (χ2v) is 7.19. The summed E-state index contributed by atoms with van der Waals surface area (Å²) in [5.74, 6) is 0.0727. The number of amides is 1. The lowest BCUT2D eigenvalue weighted by Crippen LogP contribution is -2.25. The Hall–Kier alpha value is -2.28. The normalized spacial score (nSPS) is 16.7. The molecule has 116 valence electrons. The van der Waals surface area contributed by atoms with Crippen molar-refractivity contribution < 1.29 is 17.6 Å². The zero-order valence-electron chi connectivity index (χ0n) is 12.1. The van der Waals surface area contributed by atoms with E-state index in [1.54, 1.807) is 30.3 Å². The number of nitrogens with zero attached hydrogens (tertiary/aromatic N) is 1. The molecule has 6 nitrogen and oxygen atoms in total. The predicted molar refractivity (Wildman–Crippen MR) is 83.6 cm³/mol. The molecule has 1 saturated heterocycles. The van der Waals surface area contributed by atoms with Gasteiger partial charge in [-0.15, -0.1) is 0 Å². The Labute approximate surface area is 128 Å². The number of sulfonamides is 1. The average molecular weight is 320 g/mol. The lowest BCUT2D eigenvalue weighted by Gasteiger charge is -2.18. The van der Waals surface area contributed by atoms with Gasteiger partial charge in [-0.25, -0.2) is 8.42 Å². The van der Waals surface area contributed by atoms with E-state index in [0.29, 0.717) is 24.3 Å². The Balaban J connectivity index is 1.82. The Kier molecular flexibility index (Phi) is 3.66. The molecular weight excluding hydrogens is 304 g/mol.